The van der Waals surface area contributed by atoms with Crippen LogP contribution in [0.3, 0.4) is 0 Å². The van der Waals surface area contributed by atoms with Crippen molar-refractivity contribution in [1.82, 2.24) is 20.4 Å². The zero-order valence-electron chi connectivity index (χ0n) is 14.6. The fourth-order valence-corrected chi connectivity index (χ4v) is 3.22. The molecule has 0 aromatic heterocycles. The third-order valence-corrected chi connectivity index (χ3v) is 4.63. The Morgan fingerprint density at radius 2 is 1.23 bits per heavy atom. The van der Waals surface area contributed by atoms with E-state index in [9.17, 15) is 19.2 Å². The molecule has 0 saturated carbocycles. The Bertz CT molecular complexity index is 507. The van der Waals surface area contributed by atoms with Crippen LogP contribution in [0.2, 0.25) is 0 Å². The summed E-state index contributed by atoms with van der Waals surface area (Å²) in [7, 11) is 0. The van der Waals surface area contributed by atoms with E-state index < -0.39 is 11.8 Å². The lowest BCUT2D eigenvalue weighted by Crippen LogP contribution is -2.39. The first-order valence-corrected chi connectivity index (χ1v) is 8.79. The van der Waals surface area contributed by atoms with Gasteiger partial charge in [-0.3, -0.25) is 19.2 Å². The Hall–Kier alpha value is -2.20. The van der Waals surface area contributed by atoms with E-state index in [0.29, 0.717) is 26.2 Å². The number of amides is 4. The van der Waals surface area contributed by atoms with Gasteiger partial charge < -0.3 is 30.6 Å². The van der Waals surface area contributed by atoms with Gasteiger partial charge in [-0.25, -0.2) is 0 Å². The van der Waals surface area contributed by atoms with Crippen LogP contribution in [0.25, 0.3) is 0 Å². The van der Waals surface area contributed by atoms with E-state index in [1.807, 2.05) is 0 Å². The largest absolute Gasteiger partial charge is 0.395 e. The fraction of sp³-hybridized carbons (Fsp3) is 0.750. The van der Waals surface area contributed by atoms with Crippen molar-refractivity contribution in [3.05, 3.63) is 0 Å². The maximum atomic E-state index is 12.0. The first kappa shape index (κ1) is 20.1. The lowest BCUT2D eigenvalue weighted by Gasteiger charge is -2.22. The van der Waals surface area contributed by atoms with Crippen molar-refractivity contribution in [3.63, 3.8) is 0 Å². The van der Waals surface area contributed by atoms with Crippen molar-refractivity contribution in [2.24, 2.45) is 11.8 Å². The van der Waals surface area contributed by atoms with Gasteiger partial charge in [0.1, 0.15) is 0 Å². The highest BCUT2D eigenvalue weighted by molar-refractivity contribution is 5.90. The van der Waals surface area contributed by atoms with E-state index in [-0.39, 0.29) is 62.8 Å². The Kier molecular flexibility index (Phi) is 7.34. The molecule has 4 amide bonds. The first-order chi connectivity index (χ1) is 12.5. The molecule has 10 nitrogen and oxygen atoms in total. The van der Waals surface area contributed by atoms with Crippen molar-refractivity contribution in [2.75, 3.05) is 52.5 Å². The molecule has 0 spiro atoms. The van der Waals surface area contributed by atoms with Gasteiger partial charge in [0.2, 0.25) is 23.6 Å². The van der Waals surface area contributed by atoms with E-state index in [1.165, 1.54) is 0 Å². The van der Waals surface area contributed by atoms with Crippen LogP contribution in [0.5, 0.6) is 0 Å². The average molecular weight is 370 g/mol. The highest BCUT2D eigenvalue weighted by Crippen LogP contribution is 2.20. The van der Waals surface area contributed by atoms with Crippen LogP contribution >= 0.6 is 0 Å². The number of nitrogens with one attached hydrogen (secondary N) is 2. The van der Waals surface area contributed by atoms with Crippen molar-refractivity contribution in [1.29, 1.82) is 0 Å². The number of carbonyl (C=O) groups is 4. The minimum absolute atomic E-state index is 0.122. The van der Waals surface area contributed by atoms with Crippen LogP contribution < -0.4 is 10.6 Å². The number of likely N-dealkylation sites (tertiary alicyclic amines) is 2. The number of hydrogen-bond acceptors (Lipinski definition) is 6. The first-order valence-electron chi connectivity index (χ1n) is 8.79. The topological polar surface area (TPSA) is 139 Å². The summed E-state index contributed by atoms with van der Waals surface area (Å²) in [5.74, 6) is -1.68. The smallest absolute Gasteiger partial charge is 0.225 e. The predicted octanol–water partition coefficient (Wildman–Crippen LogP) is -3.10. The molecule has 146 valence electrons. The maximum Gasteiger partial charge on any atom is 0.225 e. The Balaban J connectivity index is 1.78. The summed E-state index contributed by atoms with van der Waals surface area (Å²) in [4.78, 5) is 51.0. The molecule has 0 aromatic carbocycles. The van der Waals surface area contributed by atoms with Crippen molar-refractivity contribution >= 4 is 23.6 Å². The van der Waals surface area contributed by atoms with E-state index in [0.717, 1.165) is 0 Å². The highest BCUT2D eigenvalue weighted by atomic mass is 16.3. The summed E-state index contributed by atoms with van der Waals surface area (Å²) in [6.45, 7) is 1.23. The molecule has 0 aromatic rings. The third kappa shape index (κ3) is 5.15. The second kappa shape index (κ2) is 9.48. The minimum Gasteiger partial charge on any atom is -0.395 e. The van der Waals surface area contributed by atoms with Gasteiger partial charge in [-0.05, 0) is 0 Å². The minimum atomic E-state index is -0.444. The molecule has 2 heterocycles. The summed E-state index contributed by atoms with van der Waals surface area (Å²) in [6.07, 6.45) is 0.245. The average Bonchev–Trinajstić information content (AvgIpc) is 3.18. The van der Waals surface area contributed by atoms with Crippen LogP contribution in [0.15, 0.2) is 0 Å². The number of carbonyl (C=O) groups excluding carboxylic acids is 4. The fourth-order valence-electron chi connectivity index (χ4n) is 3.22. The van der Waals surface area contributed by atoms with Crippen LogP contribution in [-0.4, -0.2) is 96.1 Å². The third-order valence-electron chi connectivity index (χ3n) is 4.63. The van der Waals surface area contributed by atoms with Crippen molar-refractivity contribution in [3.8, 4) is 0 Å². The molecule has 2 aliphatic heterocycles. The molecule has 2 fully saturated rings. The summed E-state index contributed by atoms with van der Waals surface area (Å²) < 4.78 is 0. The number of hydrogen-bond donors (Lipinski definition) is 4. The van der Waals surface area contributed by atoms with Crippen LogP contribution in [0.1, 0.15) is 12.8 Å². The second-order valence-electron chi connectivity index (χ2n) is 6.51. The molecule has 2 unspecified atom stereocenters. The molecule has 10 heteroatoms. The highest BCUT2D eigenvalue weighted by Gasteiger charge is 2.37. The molecule has 2 saturated heterocycles. The van der Waals surface area contributed by atoms with Crippen molar-refractivity contribution < 1.29 is 29.4 Å². The van der Waals surface area contributed by atoms with Crippen LogP contribution in [0.4, 0.5) is 0 Å². The number of aliphatic hydroxyl groups is 2. The van der Waals surface area contributed by atoms with E-state index in [1.54, 1.807) is 9.80 Å². The van der Waals surface area contributed by atoms with Crippen molar-refractivity contribution in [2.45, 2.75) is 12.8 Å². The summed E-state index contributed by atoms with van der Waals surface area (Å²) in [5.41, 5.74) is 0. The SMILES string of the molecule is O=C(NCCO)C1CC(=O)N(CCN2CC(C(=O)NCCO)CC2=O)C1. The van der Waals surface area contributed by atoms with Gasteiger partial charge in [0.05, 0.1) is 25.0 Å². The Morgan fingerprint density at radius 3 is 1.58 bits per heavy atom. The molecule has 26 heavy (non-hydrogen) atoms. The van der Waals surface area contributed by atoms with E-state index >= 15 is 0 Å². The van der Waals surface area contributed by atoms with Gasteiger partial charge >= 0.3 is 0 Å². The molecule has 0 aliphatic carbocycles. The monoisotopic (exact) mass is 370 g/mol. The molecule has 4 N–H and O–H groups in total. The normalized spacial score (nSPS) is 22.8. The Labute approximate surface area is 151 Å². The summed E-state index contributed by atoms with van der Waals surface area (Å²) in [5, 5.41) is 22.6. The maximum absolute atomic E-state index is 12.0. The summed E-state index contributed by atoms with van der Waals surface area (Å²) in [6, 6.07) is 0. The van der Waals surface area contributed by atoms with Gasteiger partial charge in [-0.1, -0.05) is 0 Å². The van der Waals surface area contributed by atoms with E-state index in [2.05, 4.69) is 10.6 Å². The van der Waals surface area contributed by atoms with Gasteiger partial charge in [0, 0.05) is 52.1 Å². The van der Waals surface area contributed by atoms with Gasteiger partial charge in [0.15, 0.2) is 0 Å². The van der Waals surface area contributed by atoms with Gasteiger partial charge in [0.25, 0.3) is 0 Å². The standard InChI is InChI=1S/C16H26N4O6/c21-5-1-17-15(25)11-7-13(23)19(9-11)3-4-20-10-12(8-14(20)24)16(26)18-2-6-22/h11-12,21-22H,1-10H2,(H,17,25)(H,18,26). The number of aliphatic hydroxyl groups excluding tert-OH is 2. The summed E-state index contributed by atoms with van der Waals surface area (Å²) >= 11 is 0. The molecule has 2 aliphatic rings. The second-order valence-corrected chi connectivity index (χ2v) is 6.51. The zero-order valence-corrected chi connectivity index (χ0v) is 14.6. The molecule has 2 rings (SSSR count). The zero-order chi connectivity index (χ0) is 19.1. The molecule has 0 bridgehead atoms. The predicted molar refractivity (Wildman–Crippen MR) is 89.6 cm³/mol. The lowest BCUT2D eigenvalue weighted by atomic mass is 10.1. The van der Waals surface area contributed by atoms with Gasteiger partial charge in [-0.2, -0.15) is 0 Å². The molecule has 0 radical (unpaired) electrons. The van der Waals surface area contributed by atoms with Crippen LogP contribution in [0, 0.1) is 11.8 Å². The van der Waals surface area contributed by atoms with E-state index in [4.69, 9.17) is 10.2 Å². The molecular weight excluding hydrogens is 344 g/mol. The van der Waals surface area contributed by atoms with Gasteiger partial charge in [-0.15, -0.1) is 0 Å². The lowest BCUT2D eigenvalue weighted by molar-refractivity contribution is -0.131. The Morgan fingerprint density at radius 1 is 0.846 bits per heavy atom. The number of nitrogens with zero attached hydrogens (tertiary/aromatic N) is 2. The molecular formula is C16H26N4O6. The quantitative estimate of drug-likeness (QED) is 0.339. The number of rotatable bonds is 9. The molecule has 2 atom stereocenters. The van der Waals surface area contributed by atoms with Crippen LogP contribution in [-0.2, 0) is 19.2 Å².